The van der Waals surface area contributed by atoms with Crippen molar-refractivity contribution in [2.45, 2.75) is 39.2 Å². The molecule has 0 saturated heterocycles. The molecule has 0 radical (unpaired) electrons. The van der Waals surface area contributed by atoms with E-state index in [0.29, 0.717) is 12.8 Å². The number of hydrogen-bond acceptors (Lipinski definition) is 2. The molecule has 0 spiro atoms. The predicted octanol–water partition coefficient (Wildman–Crippen LogP) is 3.75. The van der Waals surface area contributed by atoms with Gasteiger partial charge in [-0.1, -0.05) is 26.0 Å². The molecule has 0 saturated carbocycles. The van der Waals surface area contributed by atoms with Crippen molar-refractivity contribution in [2.24, 2.45) is 0 Å². The number of aryl methyl sites for hydroxylation is 1. The van der Waals surface area contributed by atoms with Gasteiger partial charge in [-0.05, 0) is 37.5 Å². The van der Waals surface area contributed by atoms with E-state index in [1.807, 2.05) is 45.0 Å². The van der Waals surface area contributed by atoms with Crippen LogP contribution in [-0.2, 0) is 5.60 Å². The molecule has 86 valence electrons. The molecule has 2 aromatic rings. The van der Waals surface area contributed by atoms with Crippen LogP contribution in [0.3, 0.4) is 0 Å². The second-order valence-electron chi connectivity index (χ2n) is 4.35. The summed E-state index contributed by atoms with van der Waals surface area (Å²) in [5, 5.41) is 11.5. The van der Waals surface area contributed by atoms with Crippen LogP contribution in [-0.4, -0.2) is 5.11 Å². The van der Waals surface area contributed by atoms with E-state index in [-0.39, 0.29) is 0 Å². The van der Waals surface area contributed by atoms with Gasteiger partial charge in [0.25, 0.3) is 0 Å². The average Bonchev–Trinajstić information content (AvgIpc) is 2.67. The van der Waals surface area contributed by atoms with Gasteiger partial charge in [-0.2, -0.15) is 0 Å². The van der Waals surface area contributed by atoms with Crippen LogP contribution >= 0.6 is 0 Å². The third kappa shape index (κ3) is 1.74. The van der Waals surface area contributed by atoms with Gasteiger partial charge in [0, 0.05) is 5.39 Å². The van der Waals surface area contributed by atoms with Crippen molar-refractivity contribution in [3.63, 3.8) is 0 Å². The Morgan fingerprint density at radius 3 is 2.50 bits per heavy atom. The second-order valence-corrected chi connectivity index (χ2v) is 4.35. The monoisotopic (exact) mass is 218 g/mol. The zero-order chi connectivity index (χ0) is 11.8. The van der Waals surface area contributed by atoms with Gasteiger partial charge in [-0.3, -0.25) is 0 Å². The molecule has 1 N–H and O–H groups in total. The Labute approximate surface area is 95.9 Å². The average molecular weight is 218 g/mol. The number of benzene rings is 1. The largest absolute Gasteiger partial charge is 0.461 e. The summed E-state index contributed by atoms with van der Waals surface area (Å²) >= 11 is 0. The highest BCUT2D eigenvalue weighted by Crippen LogP contribution is 2.31. The molecule has 1 aromatic carbocycles. The first kappa shape index (κ1) is 11.2. The molecular formula is C14H18O2. The zero-order valence-corrected chi connectivity index (χ0v) is 10.1. The van der Waals surface area contributed by atoms with Crippen molar-refractivity contribution >= 4 is 11.0 Å². The van der Waals surface area contributed by atoms with Gasteiger partial charge < -0.3 is 9.52 Å². The Bertz CT molecular complexity index is 492. The molecule has 2 heteroatoms. The maximum absolute atomic E-state index is 10.4. The Morgan fingerprint density at radius 2 is 1.88 bits per heavy atom. The highest BCUT2D eigenvalue weighted by Gasteiger charge is 2.25. The molecule has 0 fully saturated rings. The quantitative estimate of drug-likeness (QED) is 0.851. The van der Waals surface area contributed by atoms with E-state index >= 15 is 0 Å². The maximum Gasteiger partial charge on any atom is 0.134 e. The Morgan fingerprint density at radius 1 is 1.19 bits per heavy atom. The first-order valence-corrected chi connectivity index (χ1v) is 5.82. The van der Waals surface area contributed by atoms with Crippen LogP contribution in [0.15, 0.2) is 28.7 Å². The van der Waals surface area contributed by atoms with Crippen LogP contribution in [0, 0.1) is 6.92 Å². The molecule has 2 nitrogen and oxygen atoms in total. The Kier molecular flexibility index (Phi) is 2.76. The molecular weight excluding hydrogens is 200 g/mol. The van der Waals surface area contributed by atoms with Gasteiger partial charge in [0.2, 0.25) is 0 Å². The van der Waals surface area contributed by atoms with Crippen molar-refractivity contribution in [3.05, 3.63) is 35.6 Å². The topological polar surface area (TPSA) is 33.4 Å². The molecule has 2 rings (SSSR count). The second kappa shape index (κ2) is 3.95. The molecule has 16 heavy (non-hydrogen) atoms. The van der Waals surface area contributed by atoms with Crippen LogP contribution in [0.2, 0.25) is 0 Å². The van der Waals surface area contributed by atoms with Gasteiger partial charge in [-0.25, -0.2) is 0 Å². The van der Waals surface area contributed by atoms with Gasteiger partial charge in [-0.15, -0.1) is 0 Å². The number of furan rings is 1. The molecule has 1 heterocycles. The third-order valence-corrected chi connectivity index (χ3v) is 3.35. The minimum atomic E-state index is -0.727. The van der Waals surface area contributed by atoms with E-state index in [2.05, 4.69) is 0 Å². The first-order chi connectivity index (χ1) is 7.59. The minimum Gasteiger partial charge on any atom is -0.461 e. The highest BCUT2D eigenvalue weighted by molar-refractivity contribution is 5.78. The van der Waals surface area contributed by atoms with Crippen LogP contribution in [0.1, 0.15) is 38.0 Å². The third-order valence-electron chi connectivity index (χ3n) is 3.35. The lowest BCUT2D eigenvalue weighted by Crippen LogP contribution is -2.23. The summed E-state index contributed by atoms with van der Waals surface area (Å²) in [7, 11) is 0. The maximum atomic E-state index is 10.4. The highest BCUT2D eigenvalue weighted by atomic mass is 16.3. The first-order valence-electron chi connectivity index (χ1n) is 5.82. The Hall–Kier alpha value is -1.28. The molecule has 0 unspecified atom stereocenters. The summed E-state index contributed by atoms with van der Waals surface area (Å²) in [6.45, 7) is 5.94. The van der Waals surface area contributed by atoms with Crippen molar-refractivity contribution in [1.82, 2.24) is 0 Å². The van der Waals surface area contributed by atoms with E-state index < -0.39 is 5.60 Å². The lowest BCUT2D eigenvalue weighted by atomic mass is 9.88. The number of aliphatic hydroxyl groups is 1. The normalized spacial score (nSPS) is 12.2. The molecule has 0 atom stereocenters. The summed E-state index contributed by atoms with van der Waals surface area (Å²) in [5.41, 5.74) is 1.07. The molecule has 0 amide bonds. The van der Waals surface area contributed by atoms with Gasteiger partial charge in [0.15, 0.2) is 0 Å². The van der Waals surface area contributed by atoms with E-state index in [1.54, 1.807) is 0 Å². The van der Waals surface area contributed by atoms with Crippen LogP contribution in [0.5, 0.6) is 0 Å². The van der Waals surface area contributed by atoms with Gasteiger partial charge >= 0.3 is 0 Å². The summed E-state index contributed by atoms with van der Waals surface area (Å²) in [4.78, 5) is 0. The lowest BCUT2D eigenvalue weighted by molar-refractivity contribution is 0.0284. The molecule has 1 aromatic heterocycles. The summed E-state index contributed by atoms with van der Waals surface area (Å²) < 4.78 is 5.58. The number of rotatable bonds is 3. The molecule has 0 aliphatic carbocycles. The fourth-order valence-corrected chi connectivity index (χ4v) is 2.11. The Balaban J connectivity index is 2.53. The van der Waals surface area contributed by atoms with Crippen LogP contribution in [0.4, 0.5) is 0 Å². The fraction of sp³-hybridized carbons (Fsp3) is 0.429. The SMILES string of the molecule is CCC(O)(CC)c1ccc2cc(C)oc2c1. The number of fused-ring (bicyclic) bond motifs is 1. The fourth-order valence-electron chi connectivity index (χ4n) is 2.11. The van der Waals surface area contributed by atoms with E-state index in [1.165, 1.54) is 0 Å². The smallest absolute Gasteiger partial charge is 0.134 e. The van der Waals surface area contributed by atoms with Gasteiger partial charge in [0.1, 0.15) is 11.3 Å². The van der Waals surface area contributed by atoms with E-state index in [4.69, 9.17) is 4.42 Å². The van der Waals surface area contributed by atoms with E-state index in [9.17, 15) is 5.11 Å². The summed E-state index contributed by atoms with van der Waals surface area (Å²) in [6.07, 6.45) is 1.43. The minimum absolute atomic E-state index is 0.717. The van der Waals surface area contributed by atoms with Crippen molar-refractivity contribution < 1.29 is 9.52 Å². The van der Waals surface area contributed by atoms with E-state index in [0.717, 1.165) is 22.3 Å². The van der Waals surface area contributed by atoms with Crippen LogP contribution in [0.25, 0.3) is 11.0 Å². The van der Waals surface area contributed by atoms with Crippen molar-refractivity contribution in [1.29, 1.82) is 0 Å². The van der Waals surface area contributed by atoms with Crippen molar-refractivity contribution in [3.8, 4) is 0 Å². The lowest BCUT2D eigenvalue weighted by Gasteiger charge is -2.25. The predicted molar refractivity (Wildman–Crippen MR) is 65.4 cm³/mol. The molecule has 0 aliphatic heterocycles. The zero-order valence-electron chi connectivity index (χ0n) is 10.1. The van der Waals surface area contributed by atoms with Crippen LogP contribution < -0.4 is 0 Å². The molecule has 0 bridgehead atoms. The summed E-state index contributed by atoms with van der Waals surface area (Å²) in [5.74, 6) is 0.906. The molecule has 0 aliphatic rings. The van der Waals surface area contributed by atoms with Gasteiger partial charge in [0.05, 0.1) is 5.60 Å². The summed E-state index contributed by atoms with van der Waals surface area (Å²) in [6, 6.07) is 7.97. The standard InChI is InChI=1S/C14H18O2/c1-4-14(15,5-2)12-7-6-11-8-10(3)16-13(11)9-12/h6-9,15H,4-5H2,1-3H3. The number of hydrogen-bond donors (Lipinski definition) is 1. The van der Waals surface area contributed by atoms with Crippen molar-refractivity contribution in [2.75, 3.05) is 0 Å².